The third kappa shape index (κ3) is 3.17. The summed E-state index contributed by atoms with van der Waals surface area (Å²) in [6.45, 7) is 1.61. The molecule has 0 atom stereocenters. The molecule has 0 amide bonds. The van der Waals surface area contributed by atoms with Crippen molar-refractivity contribution in [3.63, 3.8) is 0 Å². The molecule has 0 saturated carbocycles. The molecule has 2 rings (SSSR count). The van der Waals surface area contributed by atoms with Crippen molar-refractivity contribution in [2.45, 2.75) is 18.4 Å². The highest BCUT2D eigenvalue weighted by molar-refractivity contribution is 7.89. The fourth-order valence-electron chi connectivity index (χ4n) is 1.50. The topological polar surface area (TPSA) is 96.0 Å². The standard InChI is InChI=1S/C12H10ClN3O3S/c1-8-6-15-12(19-8)7-16-20(17,18)11-4-9(5-14)2-3-10(11)13/h2-4,6,16H,7H2,1H3. The predicted octanol–water partition coefficient (Wildman–Crippen LogP) is 1.99. The minimum Gasteiger partial charge on any atom is -0.445 e. The van der Waals surface area contributed by atoms with Crippen molar-refractivity contribution in [2.75, 3.05) is 0 Å². The van der Waals surface area contributed by atoms with E-state index in [1.807, 2.05) is 6.07 Å². The number of nitrogens with zero attached hydrogens (tertiary/aromatic N) is 2. The van der Waals surface area contributed by atoms with Gasteiger partial charge in [-0.15, -0.1) is 0 Å². The first kappa shape index (κ1) is 14.5. The number of aryl methyl sites for hydroxylation is 1. The molecule has 1 aromatic heterocycles. The van der Waals surface area contributed by atoms with Gasteiger partial charge in [0.2, 0.25) is 15.9 Å². The maximum absolute atomic E-state index is 12.1. The third-order valence-corrected chi connectivity index (χ3v) is 4.32. The van der Waals surface area contributed by atoms with E-state index in [2.05, 4.69) is 9.71 Å². The quantitative estimate of drug-likeness (QED) is 0.931. The van der Waals surface area contributed by atoms with Gasteiger partial charge in [-0.05, 0) is 25.1 Å². The minimum atomic E-state index is -3.85. The molecule has 0 aliphatic carbocycles. The van der Waals surface area contributed by atoms with E-state index < -0.39 is 10.0 Å². The zero-order valence-corrected chi connectivity index (χ0v) is 12.0. The second kappa shape index (κ2) is 5.63. The summed E-state index contributed by atoms with van der Waals surface area (Å²) < 4.78 is 31.7. The first-order valence-electron chi connectivity index (χ1n) is 5.53. The second-order valence-corrected chi connectivity index (χ2v) is 6.09. The van der Waals surface area contributed by atoms with Gasteiger partial charge in [0.25, 0.3) is 0 Å². The van der Waals surface area contributed by atoms with Crippen LogP contribution in [0.4, 0.5) is 0 Å². The highest BCUT2D eigenvalue weighted by Crippen LogP contribution is 2.22. The Labute approximate surface area is 121 Å². The van der Waals surface area contributed by atoms with E-state index in [0.29, 0.717) is 5.76 Å². The van der Waals surface area contributed by atoms with Gasteiger partial charge in [0.15, 0.2) is 0 Å². The second-order valence-electron chi connectivity index (χ2n) is 3.95. The van der Waals surface area contributed by atoms with Crippen LogP contribution < -0.4 is 4.72 Å². The van der Waals surface area contributed by atoms with E-state index in [0.717, 1.165) is 0 Å². The van der Waals surface area contributed by atoms with Crippen LogP contribution in [-0.2, 0) is 16.6 Å². The van der Waals surface area contributed by atoms with Crippen molar-refractivity contribution < 1.29 is 12.8 Å². The van der Waals surface area contributed by atoms with E-state index in [9.17, 15) is 8.42 Å². The summed E-state index contributed by atoms with van der Waals surface area (Å²) in [4.78, 5) is 3.74. The number of aromatic nitrogens is 1. The molecule has 1 heterocycles. The summed E-state index contributed by atoms with van der Waals surface area (Å²) in [7, 11) is -3.85. The molecule has 8 heteroatoms. The summed E-state index contributed by atoms with van der Waals surface area (Å²) in [6, 6.07) is 5.88. The van der Waals surface area contributed by atoms with Gasteiger partial charge < -0.3 is 4.42 Å². The van der Waals surface area contributed by atoms with Gasteiger partial charge in [-0.3, -0.25) is 0 Å². The molecular formula is C12H10ClN3O3S. The van der Waals surface area contributed by atoms with Gasteiger partial charge in [-0.1, -0.05) is 11.6 Å². The number of sulfonamides is 1. The number of hydrogen-bond acceptors (Lipinski definition) is 5. The molecule has 0 unspecified atom stereocenters. The van der Waals surface area contributed by atoms with Crippen LogP contribution in [0.1, 0.15) is 17.2 Å². The zero-order chi connectivity index (χ0) is 14.8. The first-order valence-corrected chi connectivity index (χ1v) is 7.39. The molecular weight excluding hydrogens is 302 g/mol. The molecule has 0 aliphatic heterocycles. The summed E-state index contributed by atoms with van der Waals surface area (Å²) in [6.07, 6.45) is 1.49. The molecule has 0 spiro atoms. The minimum absolute atomic E-state index is 0.0417. The largest absolute Gasteiger partial charge is 0.445 e. The van der Waals surface area contributed by atoms with Gasteiger partial charge in [-0.25, -0.2) is 18.1 Å². The van der Waals surface area contributed by atoms with E-state index in [-0.39, 0.29) is 27.9 Å². The molecule has 2 aromatic rings. The Kier molecular flexibility index (Phi) is 4.09. The Bertz CT molecular complexity index is 777. The molecule has 0 aliphatic rings. The molecule has 1 aromatic carbocycles. The van der Waals surface area contributed by atoms with Crippen LogP contribution in [0.3, 0.4) is 0 Å². The molecule has 0 radical (unpaired) electrons. The van der Waals surface area contributed by atoms with Crippen LogP contribution in [0.5, 0.6) is 0 Å². The monoisotopic (exact) mass is 311 g/mol. The average molecular weight is 312 g/mol. The van der Waals surface area contributed by atoms with Crippen molar-refractivity contribution in [1.29, 1.82) is 5.26 Å². The van der Waals surface area contributed by atoms with Gasteiger partial charge in [0.05, 0.1) is 29.4 Å². The fourth-order valence-corrected chi connectivity index (χ4v) is 2.99. The van der Waals surface area contributed by atoms with Gasteiger partial charge >= 0.3 is 0 Å². The normalized spacial score (nSPS) is 11.2. The summed E-state index contributed by atoms with van der Waals surface area (Å²) >= 11 is 5.86. The summed E-state index contributed by atoms with van der Waals surface area (Å²) in [5, 5.41) is 8.84. The molecule has 1 N–H and O–H groups in total. The van der Waals surface area contributed by atoms with Crippen LogP contribution in [0.25, 0.3) is 0 Å². The first-order chi connectivity index (χ1) is 9.42. The molecule has 0 saturated heterocycles. The zero-order valence-electron chi connectivity index (χ0n) is 10.4. The van der Waals surface area contributed by atoms with Crippen molar-refractivity contribution in [3.8, 4) is 6.07 Å². The van der Waals surface area contributed by atoms with Crippen LogP contribution >= 0.6 is 11.6 Å². The lowest BCUT2D eigenvalue weighted by atomic mass is 10.2. The van der Waals surface area contributed by atoms with Crippen molar-refractivity contribution in [2.24, 2.45) is 0 Å². The molecule has 20 heavy (non-hydrogen) atoms. The maximum Gasteiger partial charge on any atom is 0.242 e. The summed E-state index contributed by atoms with van der Waals surface area (Å²) in [5.74, 6) is 0.836. The SMILES string of the molecule is Cc1cnc(CNS(=O)(=O)c2cc(C#N)ccc2Cl)o1. The third-order valence-electron chi connectivity index (χ3n) is 2.43. The number of oxazole rings is 1. The number of benzene rings is 1. The van der Waals surface area contributed by atoms with E-state index in [1.165, 1.54) is 24.4 Å². The van der Waals surface area contributed by atoms with E-state index in [1.54, 1.807) is 6.92 Å². The highest BCUT2D eigenvalue weighted by atomic mass is 35.5. The predicted molar refractivity (Wildman–Crippen MR) is 71.4 cm³/mol. The Morgan fingerprint density at radius 3 is 2.85 bits per heavy atom. The number of rotatable bonds is 4. The molecule has 6 nitrogen and oxygen atoms in total. The lowest BCUT2D eigenvalue weighted by Crippen LogP contribution is -2.23. The number of nitrogens with one attached hydrogen (secondary N) is 1. The van der Waals surface area contributed by atoms with E-state index >= 15 is 0 Å². The smallest absolute Gasteiger partial charge is 0.242 e. The van der Waals surface area contributed by atoms with Crippen molar-refractivity contribution in [1.82, 2.24) is 9.71 Å². The lowest BCUT2D eigenvalue weighted by molar-refractivity contribution is 0.463. The van der Waals surface area contributed by atoms with Crippen molar-refractivity contribution in [3.05, 3.63) is 46.6 Å². The Morgan fingerprint density at radius 2 is 2.25 bits per heavy atom. The molecule has 0 bridgehead atoms. The van der Waals surface area contributed by atoms with Crippen LogP contribution in [0.2, 0.25) is 5.02 Å². The molecule has 0 fully saturated rings. The Morgan fingerprint density at radius 1 is 1.50 bits per heavy atom. The maximum atomic E-state index is 12.1. The number of halogens is 1. The fraction of sp³-hybridized carbons (Fsp3) is 0.167. The molecule has 104 valence electrons. The Hall–Kier alpha value is -1.88. The van der Waals surface area contributed by atoms with Gasteiger partial charge in [0, 0.05) is 0 Å². The summed E-state index contributed by atoms with van der Waals surface area (Å²) in [5.41, 5.74) is 0.210. The van der Waals surface area contributed by atoms with Crippen molar-refractivity contribution >= 4 is 21.6 Å². The number of nitriles is 1. The van der Waals surface area contributed by atoms with Crippen LogP contribution in [-0.4, -0.2) is 13.4 Å². The average Bonchev–Trinajstić information content (AvgIpc) is 2.83. The van der Waals surface area contributed by atoms with E-state index in [4.69, 9.17) is 21.3 Å². The van der Waals surface area contributed by atoms with Gasteiger partial charge in [0.1, 0.15) is 10.7 Å². The number of hydrogen-bond donors (Lipinski definition) is 1. The Balaban J connectivity index is 2.24. The van der Waals surface area contributed by atoms with Gasteiger partial charge in [-0.2, -0.15) is 5.26 Å². The lowest BCUT2D eigenvalue weighted by Gasteiger charge is -2.07. The highest BCUT2D eigenvalue weighted by Gasteiger charge is 2.19. The van der Waals surface area contributed by atoms with Crippen LogP contribution in [0.15, 0.2) is 33.7 Å². The van der Waals surface area contributed by atoms with Crippen LogP contribution in [0, 0.1) is 18.3 Å².